The van der Waals surface area contributed by atoms with Gasteiger partial charge in [0, 0.05) is 43.0 Å². The Morgan fingerprint density at radius 2 is 1.97 bits per heavy atom. The summed E-state index contributed by atoms with van der Waals surface area (Å²) in [5.41, 5.74) is 3.26. The molecule has 0 spiro atoms. The maximum absolute atomic E-state index is 12.3. The maximum atomic E-state index is 12.3. The number of nitrogens with one attached hydrogen (secondary N) is 1. The van der Waals surface area contributed by atoms with Crippen LogP contribution in [0.5, 0.6) is 0 Å². The largest absolute Gasteiger partial charge is 0.356 e. The number of likely N-dealkylation sites (tertiary alicyclic amines) is 1. The van der Waals surface area contributed by atoms with Crippen LogP contribution in [0.25, 0.3) is 0 Å². The van der Waals surface area contributed by atoms with Crippen molar-refractivity contribution in [2.45, 2.75) is 32.2 Å². The molecule has 2 aliphatic rings. The Hall–Kier alpha value is -2.12. The first-order valence-electron chi connectivity index (χ1n) is 10.0. The highest BCUT2D eigenvalue weighted by Crippen LogP contribution is 2.36. The number of anilines is 1. The molecule has 0 radical (unpaired) electrons. The lowest BCUT2D eigenvalue weighted by Crippen LogP contribution is -2.48. The van der Waals surface area contributed by atoms with Crippen molar-refractivity contribution in [1.29, 1.82) is 0 Å². The van der Waals surface area contributed by atoms with E-state index in [1.807, 2.05) is 34.9 Å². The second-order valence-electron chi connectivity index (χ2n) is 7.76. The number of rotatable bonds is 4. The molecule has 3 heterocycles. The molecule has 2 aliphatic heterocycles. The Labute approximate surface area is 180 Å². The van der Waals surface area contributed by atoms with E-state index in [-0.39, 0.29) is 11.5 Å². The second-order valence-corrected chi connectivity index (χ2v) is 9.37. The minimum Gasteiger partial charge on any atom is -0.356 e. The fourth-order valence-corrected chi connectivity index (χ4v) is 5.27. The molecule has 1 fully saturated rings. The third-order valence-corrected chi connectivity index (χ3v) is 7.23. The van der Waals surface area contributed by atoms with Crippen LogP contribution in [0, 0.1) is 5.92 Å². The number of pyridine rings is 1. The monoisotopic (exact) mass is 427 g/mol. The van der Waals surface area contributed by atoms with Crippen molar-refractivity contribution in [1.82, 2.24) is 9.47 Å². The molecule has 29 heavy (non-hydrogen) atoms. The average molecular weight is 428 g/mol. The van der Waals surface area contributed by atoms with E-state index < -0.39 is 0 Å². The maximum Gasteiger partial charge on any atom is 0.250 e. The van der Waals surface area contributed by atoms with Gasteiger partial charge in [0.05, 0.1) is 5.75 Å². The quantitative estimate of drug-likeness (QED) is 0.757. The van der Waals surface area contributed by atoms with Crippen LogP contribution in [0.15, 0.2) is 47.3 Å². The molecular formula is C22H25N3O2S2. The van der Waals surface area contributed by atoms with Gasteiger partial charge in [0.2, 0.25) is 5.91 Å². The van der Waals surface area contributed by atoms with E-state index >= 15 is 0 Å². The summed E-state index contributed by atoms with van der Waals surface area (Å²) >= 11 is 7.05. The molecule has 1 aromatic heterocycles. The van der Waals surface area contributed by atoms with Gasteiger partial charge in [-0.3, -0.25) is 9.59 Å². The number of aromatic nitrogens is 1. The van der Waals surface area contributed by atoms with Crippen LogP contribution in [0.3, 0.4) is 0 Å². The fourth-order valence-electron chi connectivity index (χ4n) is 4.28. The Morgan fingerprint density at radius 1 is 1.17 bits per heavy atom. The van der Waals surface area contributed by atoms with Gasteiger partial charge < -0.3 is 14.8 Å². The van der Waals surface area contributed by atoms with E-state index in [0.717, 1.165) is 48.2 Å². The van der Waals surface area contributed by atoms with Gasteiger partial charge in [-0.25, -0.2) is 0 Å². The number of carbonyl (C=O) groups is 1. The topological polar surface area (TPSA) is 54.3 Å². The molecule has 0 aliphatic carbocycles. The smallest absolute Gasteiger partial charge is 0.250 e. The highest BCUT2D eigenvalue weighted by atomic mass is 32.2. The minimum atomic E-state index is -0.0456. The predicted molar refractivity (Wildman–Crippen MR) is 123 cm³/mol. The first-order chi connectivity index (χ1) is 14.0. The summed E-state index contributed by atoms with van der Waals surface area (Å²) in [6.07, 6.45) is 2.08. The van der Waals surface area contributed by atoms with Crippen LogP contribution in [0.4, 0.5) is 5.69 Å². The van der Waals surface area contributed by atoms with Crippen LogP contribution in [0.2, 0.25) is 0 Å². The van der Waals surface area contributed by atoms with Crippen molar-refractivity contribution < 1.29 is 4.79 Å². The summed E-state index contributed by atoms with van der Waals surface area (Å²) in [7, 11) is 0. The van der Waals surface area contributed by atoms with Crippen LogP contribution in [-0.4, -0.2) is 38.5 Å². The third-order valence-electron chi connectivity index (χ3n) is 5.71. The van der Waals surface area contributed by atoms with E-state index in [9.17, 15) is 9.59 Å². The number of thiocarbonyl (C=S) groups is 1. The van der Waals surface area contributed by atoms with Crippen molar-refractivity contribution in [3.8, 4) is 0 Å². The molecule has 0 unspecified atom stereocenters. The van der Waals surface area contributed by atoms with E-state index in [2.05, 4.69) is 23.2 Å². The van der Waals surface area contributed by atoms with Crippen molar-refractivity contribution in [3.63, 3.8) is 0 Å². The minimum absolute atomic E-state index is 0.0456. The zero-order valence-electron chi connectivity index (χ0n) is 16.5. The summed E-state index contributed by atoms with van der Waals surface area (Å²) in [4.78, 5) is 26.7. The molecule has 4 rings (SSSR count). The summed E-state index contributed by atoms with van der Waals surface area (Å²) < 4.78 is 2.69. The van der Waals surface area contributed by atoms with Crippen LogP contribution < -0.4 is 10.9 Å². The van der Waals surface area contributed by atoms with Gasteiger partial charge in [0.1, 0.15) is 4.32 Å². The summed E-state index contributed by atoms with van der Waals surface area (Å²) in [5, 5.41) is 2.93. The lowest BCUT2D eigenvalue weighted by molar-refractivity contribution is -0.113. The highest BCUT2D eigenvalue weighted by Gasteiger charge is 2.35. The SMILES string of the molecule is CCc1ccc(NC(=O)CSC(=S)N2C[C@@H]3C[C@@H](C2)c2cccc(=O)n2C3)cc1. The number of thioether (sulfide) groups is 1. The average Bonchev–Trinajstić information content (AvgIpc) is 2.73. The van der Waals surface area contributed by atoms with Crippen LogP contribution in [-0.2, 0) is 17.8 Å². The number of benzene rings is 1. The zero-order chi connectivity index (χ0) is 20.4. The summed E-state index contributed by atoms with van der Waals surface area (Å²) in [6, 6.07) is 13.5. The molecule has 7 heteroatoms. The van der Waals surface area contributed by atoms with Crippen LogP contribution in [0.1, 0.15) is 30.5 Å². The molecule has 5 nitrogen and oxygen atoms in total. The number of piperidine rings is 1. The van der Waals surface area contributed by atoms with Crippen molar-refractivity contribution in [2.75, 3.05) is 24.2 Å². The van der Waals surface area contributed by atoms with Gasteiger partial charge in [-0.15, -0.1) is 0 Å². The van der Waals surface area contributed by atoms with Crippen molar-refractivity contribution in [2.24, 2.45) is 5.92 Å². The van der Waals surface area contributed by atoms with Crippen molar-refractivity contribution >= 4 is 39.9 Å². The molecule has 1 amide bonds. The number of aryl methyl sites for hydroxylation is 1. The second kappa shape index (κ2) is 8.71. The number of amides is 1. The van der Waals surface area contributed by atoms with Crippen LogP contribution >= 0.6 is 24.0 Å². The van der Waals surface area contributed by atoms with Gasteiger partial charge in [0.25, 0.3) is 5.56 Å². The first kappa shape index (κ1) is 20.2. The number of hydrogen-bond donors (Lipinski definition) is 1. The molecule has 1 saturated heterocycles. The van der Waals surface area contributed by atoms with Gasteiger partial charge in [-0.1, -0.05) is 49.1 Å². The molecule has 2 aromatic rings. The molecular weight excluding hydrogens is 402 g/mol. The van der Waals surface area contributed by atoms with Gasteiger partial charge in [0.15, 0.2) is 0 Å². The molecule has 152 valence electrons. The van der Waals surface area contributed by atoms with E-state index in [4.69, 9.17) is 12.2 Å². The van der Waals surface area contributed by atoms with Gasteiger partial charge in [-0.2, -0.15) is 0 Å². The molecule has 2 atom stereocenters. The standard InChI is InChI=1S/C22H25N3O2S2/c1-2-15-6-8-18(9-7-15)23-20(26)14-29-22(28)24-11-16-10-17(13-24)19-4-3-5-21(27)25(19)12-16/h3-9,16-17H,2,10-14H2,1H3,(H,23,26)/t16-,17-/m0/s1. The Bertz CT molecular complexity index is 971. The number of nitrogens with zero attached hydrogens (tertiary/aromatic N) is 2. The molecule has 1 aromatic carbocycles. The zero-order valence-corrected chi connectivity index (χ0v) is 18.1. The number of carbonyl (C=O) groups excluding carboxylic acids is 1. The first-order valence-corrected chi connectivity index (χ1v) is 11.4. The molecule has 1 N–H and O–H groups in total. The Morgan fingerprint density at radius 3 is 2.72 bits per heavy atom. The normalized spacial score (nSPS) is 20.1. The summed E-state index contributed by atoms with van der Waals surface area (Å²) in [5.74, 6) is 0.998. The Kier molecular flexibility index (Phi) is 6.06. The number of hydrogen-bond acceptors (Lipinski definition) is 4. The lowest BCUT2D eigenvalue weighted by atomic mass is 9.83. The van der Waals surface area contributed by atoms with E-state index in [1.165, 1.54) is 17.3 Å². The fraction of sp³-hybridized carbons (Fsp3) is 0.409. The third kappa shape index (κ3) is 4.56. The molecule has 0 saturated carbocycles. The van der Waals surface area contributed by atoms with Gasteiger partial charge >= 0.3 is 0 Å². The lowest BCUT2D eigenvalue weighted by Gasteiger charge is -2.43. The van der Waals surface area contributed by atoms with E-state index in [0.29, 0.717) is 17.6 Å². The van der Waals surface area contributed by atoms with E-state index in [1.54, 1.807) is 6.07 Å². The predicted octanol–water partition coefficient (Wildman–Crippen LogP) is 3.49. The summed E-state index contributed by atoms with van der Waals surface area (Å²) in [6.45, 7) is 4.52. The highest BCUT2D eigenvalue weighted by molar-refractivity contribution is 8.23. The van der Waals surface area contributed by atoms with Crippen molar-refractivity contribution in [3.05, 3.63) is 64.1 Å². The number of fused-ring (bicyclic) bond motifs is 4. The Balaban J connectivity index is 1.32. The molecule has 2 bridgehead atoms. The van der Waals surface area contributed by atoms with Gasteiger partial charge in [-0.05, 0) is 42.5 Å².